The molecule has 1 atom stereocenters. The molecule has 0 radical (unpaired) electrons. The lowest BCUT2D eigenvalue weighted by Crippen LogP contribution is -2.23. The first-order chi connectivity index (χ1) is 8.45. The first-order valence-corrected chi connectivity index (χ1v) is 6.46. The van der Waals surface area contributed by atoms with Gasteiger partial charge in [-0.25, -0.2) is 0 Å². The molecule has 1 aromatic rings. The maximum atomic E-state index is 11.2. The Morgan fingerprint density at radius 3 is 2.22 bits per heavy atom. The van der Waals surface area contributed by atoms with Crippen molar-refractivity contribution >= 4 is 5.97 Å². The van der Waals surface area contributed by atoms with Crippen molar-refractivity contribution in [3.05, 3.63) is 35.4 Å². The van der Waals surface area contributed by atoms with Crippen LogP contribution in [0.25, 0.3) is 0 Å². The highest BCUT2D eigenvalue weighted by Gasteiger charge is 2.56. The lowest BCUT2D eigenvalue weighted by atomic mass is 9.91. The van der Waals surface area contributed by atoms with Gasteiger partial charge in [-0.2, -0.15) is 0 Å². The minimum atomic E-state index is -0.931. The summed E-state index contributed by atoms with van der Waals surface area (Å²) in [6, 6.07) is 7.67. The Morgan fingerprint density at radius 2 is 1.83 bits per heavy atom. The van der Waals surface area contributed by atoms with Crippen LogP contribution in [0.3, 0.4) is 0 Å². The van der Waals surface area contributed by atoms with Crippen molar-refractivity contribution in [1.29, 1.82) is 0 Å². The molecule has 1 unspecified atom stereocenters. The summed E-state index contributed by atoms with van der Waals surface area (Å²) in [6.07, 6.45) is 1.25. The molecule has 1 aliphatic rings. The molecule has 0 bridgehead atoms. The zero-order valence-electron chi connectivity index (χ0n) is 10.9. The summed E-state index contributed by atoms with van der Waals surface area (Å²) in [5.74, 6) is -0.296. The Hall–Kier alpha value is -1.35. The Labute approximate surface area is 107 Å². The van der Waals surface area contributed by atoms with Crippen LogP contribution >= 0.6 is 0 Å². The zero-order chi connectivity index (χ0) is 13.3. The Morgan fingerprint density at radius 1 is 1.28 bits per heavy atom. The molecule has 1 aliphatic carbocycles. The minimum absolute atomic E-state index is 0.567. The summed E-state index contributed by atoms with van der Waals surface area (Å²) >= 11 is 0. The molecule has 1 fully saturated rings. The van der Waals surface area contributed by atoms with E-state index < -0.39 is 17.5 Å². The van der Waals surface area contributed by atoms with Gasteiger partial charge in [0.1, 0.15) is 0 Å². The average molecular weight is 248 g/mol. The van der Waals surface area contributed by atoms with Gasteiger partial charge in [0, 0.05) is 0 Å². The van der Waals surface area contributed by atoms with Crippen molar-refractivity contribution in [1.82, 2.24) is 0 Å². The van der Waals surface area contributed by atoms with Crippen molar-refractivity contribution in [3.8, 4) is 0 Å². The van der Waals surface area contributed by atoms with Gasteiger partial charge in [0.15, 0.2) is 0 Å². The Balaban J connectivity index is 2.12. The third-order valence-corrected chi connectivity index (χ3v) is 3.68. The number of hydrogen-bond acceptors (Lipinski definition) is 2. The maximum absolute atomic E-state index is 11.2. The van der Waals surface area contributed by atoms with Crippen LogP contribution < -0.4 is 0 Å². The molecule has 0 aliphatic heterocycles. The fourth-order valence-corrected chi connectivity index (χ4v) is 2.37. The molecule has 0 spiro atoms. The summed E-state index contributed by atoms with van der Waals surface area (Å²) < 4.78 is 0. The van der Waals surface area contributed by atoms with Gasteiger partial charge in [-0.05, 0) is 36.3 Å². The normalized spacial score (nSPS) is 18.7. The third kappa shape index (κ3) is 2.41. The largest absolute Gasteiger partial charge is 0.481 e. The standard InChI is InChI=1S/C15H20O3/c1-10(2)9-11-3-5-12(6-4-11)13(16)15(7-8-15)14(17)18/h3-6,10,13,16H,7-9H2,1-2H3,(H,17,18). The van der Waals surface area contributed by atoms with E-state index in [1.165, 1.54) is 5.56 Å². The highest BCUT2D eigenvalue weighted by atomic mass is 16.4. The smallest absolute Gasteiger partial charge is 0.312 e. The van der Waals surface area contributed by atoms with Crippen LogP contribution in [0.5, 0.6) is 0 Å². The molecule has 0 amide bonds. The number of carboxylic acids is 1. The lowest BCUT2D eigenvalue weighted by Gasteiger charge is -2.18. The van der Waals surface area contributed by atoms with Crippen LogP contribution in [0.2, 0.25) is 0 Å². The van der Waals surface area contributed by atoms with E-state index >= 15 is 0 Å². The van der Waals surface area contributed by atoms with Gasteiger partial charge in [-0.15, -0.1) is 0 Å². The lowest BCUT2D eigenvalue weighted by molar-refractivity contribution is -0.148. The van der Waals surface area contributed by atoms with Crippen LogP contribution in [-0.2, 0) is 11.2 Å². The van der Waals surface area contributed by atoms with Gasteiger partial charge in [-0.1, -0.05) is 38.1 Å². The molecule has 1 aromatic carbocycles. The van der Waals surface area contributed by atoms with Crippen molar-refractivity contribution in [3.63, 3.8) is 0 Å². The Kier molecular flexibility index (Phi) is 3.44. The molecule has 0 heterocycles. The number of aliphatic hydroxyl groups is 1. The summed E-state index contributed by atoms with van der Waals surface area (Å²) in [5.41, 5.74) is 1.00. The molecule has 1 saturated carbocycles. The number of aliphatic carboxylic acids is 1. The number of carbonyl (C=O) groups is 1. The van der Waals surface area contributed by atoms with Crippen molar-refractivity contribution in [2.24, 2.45) is 11.3 Å². The summed E-state index contributed by atoms with van der Waals surface area (Å²) in [6.45, 7) is 4.32. The van der Waals surface area contributed by atoms with Gasteiger partial charge < -0.3 is 10.2 Å². The highest BCUT2D eigenvalue weighted by molar-refractivity contribution is 5.79. The summed E-state index contributed by atoms with van der Waals surface area (Å²) in [5, 5.41) is 19.3. The third-order valence-electron chi connectivity index (χ3n) is 3.68. The second-order valence-corrected chi connectivity index (χ2v) is 5.70. The van der Waals surface area contributed by atoms with Crippen molar-refractivity contribution in [2.45, 2.75) is 39.2 Å². The molecule has 0 aromatic heterocycles. The number of aliphatic hydroxyl groups excluding tert-OH is 1. The minimum Gasteiger partial charge on any atom is -0.481 e. The van der Waals surface area contributed by atoms with Gasteiger partial charge in [-0.3, -0.25) is 4.79 Å². The van der Waals surface area contributed by atoms with E-state index in [1.807, 2.05) is 24.3 Å². The summed E-state index contributed by atoms with van der Waals surface area (Å²) in [7, 11) is 0. The molecule has 2 rings (SSSR count). The number of carboxylic acid groups (broad SMARTS) is 1. The molecular weight excluding hydrogens is 228 g/mol. The van der Waals surface area contributed by atoms with E-state index in [2.05, 4.69) is 13.8 Å². The molecule has 2 N–H and O–H groups in total. The molecule has 98 valence electrons. The average Bonchev–Trinajstić information content (AvgIpc) is 3.09. The van der Waals surface area contributed by atoms with E-state index in [1.54, 1.807) is 0 Å². The van der Waals surface area contributed by atoms with Crippen LogP contribution in [0, 0.1) is 11.3 Å². The highest BCUT2D eigenvalue weighted by Crippen LogP contribution is 2.55. The van der Waals surface area contributed by atoms with Crippen LogP contribution in [0.15, 0.2) is 24.3 Å². The fraction of sp³-hybridized carbons (Fsp3) is 0.533. The number of hydrogen-bond donors (Lipinski definition) is 2. The predicted octanol–water partition coefficient (Wildman–Crippen LogP) is 2.78. The van der Waals surface area contributed by atoms with E-state index in [9.17, 15) is 9.90 Å². The van der Waals surface area contributed by atoms with Gasteiger partial charge in [0.25, 0.3) is 0 Å². The summed E-state index contributed by atoms with van der Waals surface area (Å²) in [4.78, 5) is 11.2. The second kappa shape index (κ2) is 4.73. The SMILES string of the molecule is CC(C)Cc1ccc(C(O)C2(C(=O)O)CC2)cc1. The predicted molar refractivity (Wildman–Crippen MR) is 69.2 cm³/mol. The first-order valence-electron chi connectivity index (χ1n) is 6.46. The topological polar surface area (TPSA) is 57.5 Å². The molecule has 3 heteroatoms. The van der Waals surface area contributed by atoms with E-state index in [4.69, 9.17) is 5.11 Å². The van der Waals surface area contributed by atoms with Crippen LogP contribution in [-0.4, -0.2) is 16.2 Å². The maximum Gasteiger partial charge on any atom is 0.312 e. The van der Waals surface area contributed by atoms with Gasteiger partial charge >= 0.3 is 5.97 Å². The number of benzene rings is 1. The first kappa shape index (κ1) is 13.1. The number of rotatable bonds is 5. The molecule has 18 heavy (non-hydrogen) atoms. The monoisotopic (exact) mass is 248 g/mol. The van der Waals surface area contributed by atoms with E-state index in [-0.39, 0.29) is 0 Å². The fourth-order valence-electron chi connectivity index (χ4n) is 2.37. The van der Waals surface area contributed by atoms with E-state index in [0.29, 0.717) is 24.3 Å². The van der Waals surface area contributed by atoms with Crippen molar-refractivity contribution < 1.29 is 15.0 Å². The van der Waals surface area contributed by atoms with Crippen LogP contribution in [0.4, 0.5) is 0 Å². The second-order valence-electron chi connectivity index (χ2n) is 5.70. The molecule has 3 nitrogen and oxygen atoms in total. The zero-order valence-corrected chi connectivity index (χ0v) is 10.9. The quantitative estimate of drug-likeness (QED) is 0.842. The van der Waals surface area contributed by atoms with E-state index in [0.717, 1.165) is 6.42 Å². The molecule has 0 saturated heterocycles. The van der Waals surface area contributed by atoms with Crippen molar-refractivity contribution in [2.75, 3.05) is 0 Å². The van der Waals surface area contributed by atoms with Crippen LogP contribution in [0.1, 0.15) is 43.9 Å². The van der Waals surface area contributed by atoms with Gasteiger partial charge in [0.2, 0.25) is 0 Å². The Bertz CT molecular complexity index is 430. The van der Waals surface area contributed by atoms with Gasteiger partial charge in [0.05, 0.1) is 11.5 Å². The molecular formula is C15H20O3.